The first-order valence-corrected chi connectivity index (χ1v) is 5.01. The minimum atomic E-state index is -0.920. The molecule has 0 aliphatic heterocycles. The number of aliphatic hydroxyl groups excluding tert-OH is 1. The Bertz CT molecular complexity index is 417. The zero-order valence-electron chi connectivity index (χ0n) is 8.31. The van der Waals surface area contributed by atoms with E-state index < -0.39 is 17.5 Å². The first kappa shape index (κ1) is 11.5. The van der Waals surface area contributed by atoms with E-state index in [0.29, 0.717) is 4.88 Å². The van der Waals surface area contributed by atoms with Gasteiger partial charge in [0.2, 0.25) is 5.76 Å². The molecule has 1 heterocycles. The highest BCUT2D eigenvalue weighted by molar-refractivity contribution is 7.12. The molecule has 0 aliphatic carbocycles. The van der Waals surface area contributed by atoms with Crippen molar-refractivity contribution in [3.63, 3.8) is 0 Å². The van der Waals surface area contributed by atoms with Crippen LogP contribution in [0.25, 0.3) is 0 Å². The number of aliphatic hydroxyl groups is 1. The van der Waals surface area contributed by atoms with Crippen molar-refractivity contribution in [2.45, 2.75) is 6.92 Å². The van der Waals surface area contributed by atoms with Crippen molar-refractivity contribution in [2.75, 3.05) is 7.11 Å². The lowest BCUT2D eigenvalue weighted by Gasteiger charge is -1.95. The molecule has 1 aromatic rings. The number of esters is 1. The second-order valence-electron chi connectivity index (χ2n) is 2.87. The first-order chi connectivity index (χ1) is 7.04. The predicted octanol–water partition coefficient (Wildman–Crippen LogP) is 1.85. The Balaban J connectivity index is 2.83. The van der Waals surface area contributed by atoms with Gasteiger partial charge in [-0.25, -0.2) is 4.79 Å². The summed E-state index contributed by atoms with van der Waals surface area (Å²) in [5.74, 6) is -2.01. The zero-order valence-corrected chi connectivity index (χ0v) is 9.13. The molecule has 0 radical (unpaired) electrons. The van der Waals surface area contributed by atoms with Gasteiger partial charge in [0.25, 0.3) is 0 Å². The lowest BCUT2D eigenvalue weighted by Crippen LogP contribution is -2.06. The highest BCUT2D eigenvalue weighted by atomic mass is 32.1. The second kappa shape index (κ2) is 4.75. The zero-order chi connectivity index (χ0) is 11.4. The van der Waals surface area contributed by atoms with Gasteiger partial charge in [0.15, 0.2) is 5.78 Å². The number of thiophene rings is 1. The van der Waals surface area contributed by atoms with Crippen LogP contribution in [0.5, 0.6) is 0 Å². The summed E-state index contributed by atoms with van der Waals surface area (Å²) in [5.41, 5.74) is 0.967. The summed E-state index contributed by atoms with van der Waals surface area (Å²) < 4.78 is 4.25. The van der Waals surface area contributed by atoms with Gasteiger partial charge in [-0.05, 0) is 23.9 Å². The van der Waals surface area contributed by atoms with Crippen LogP contribution in [0.1, 0.15) is 15.2 Å². The van der Waals surface area contributed by atoms with Gasteiger partial charge >= 0.3 is 5.97 Å². The maximum Gasteiger partial charge on any atom is 0.373 e. The van der Waals surface area contributed by atoms with Crippen LogP contribution in [0.4, 0.5) is 0 Å². The average molecular weight is 226 g/mol. The fourth-order valence-electron chi connectivity index (χ4n) is 0.919. The third-order valence-corrected chi connectivity index (χ3v) is 2.70. The van der Waals surface area contributed by atoms with Crippen LogP contribution >= 0.6 is 11.3 Å². The molecule has 0 unspecified atom stereocenters. The topological polar surface area (TPSA) is 63.6 Å². The molecule has 1 N–H and O–H groups in total. The molecule has 80 valence electrons. The summed E-state index contributed by atoms with van der Waals surface area (Å²) in [6, 6.07) is 1.69. The highest BCUT2D eigenvalue weighted by Gasteiger charge is 2.12. The molecule has 1 rings (SSSR count). The quantitative estimate of drug-likeness (QED) is 0.370. The molecular weight excluding hydrogens is 216 g/mol. The second-order valence-corrected chi connectivity index (χ2v) is 3.78. The van der Waals surface area contributed by atoms with Crippen molar-refractivity contribution in [3.8, 4) is 0 Å². The van der Waals surface area contributed by atoms with Crippen LogP contribution < -0.4 is 0 Å². The van der Waals surface area contributed by atoms with Crippen LogP contribution in [-0.4, -0.2) is 24.0 Å². The lowest BCUT2D eigenvalue weighted by atomic mass is 10.2. The summed E-state index contributed by atoms with van der Waals surface area (Å²) in [6.45, 7) is 1.86. The van der Waals surface area contributed by atoms with E-state index in [4.69, 9.17) is 5.11 Å². The van der Waals surface area contributed by atoms with E-state index >= 15 is 0 Å². The molecule has 0 bridgehead atoms. The lowest BCUT2D eigenvalue weighted by molar-refractivity contribution is -0.139. The standard InChI is InChI=1S/C10H10O4S/c1-6-3-9(15-5-6)7(11)4-8(12)10(13)14-2/h3-5,12H,1-2H3. The van der Waals surface area contributed by atoms with Crippen LogP contribution in [0.2, 0.25) is 0 Å². The SMILES string of the molecule is COC(=O)C(O)=CC(=O)c1cc(C)cs1. The molecule has 4 nitrogen and oxygen atoms in total. The number of aryl methyl sites for hydroxylation is 1. The number of hydrogen-bond acceptors (Lipinski definition) is 5. The molecule has 0 amide bonds. The average Bonchev–Trinajstić information content (AvgIpc) is 2.63. The van der Waals surface area contributed by atoms with E-state index in [9.17, 15) is 9.59 Å². The Morgan fingerprint density at radius 2 is 2.20 bits per heavy atom. The van der Waals surface area contributed by atoms with E-state index in [0.717, 1.165) is 18.7 Å². The molecule has 1 aromatic heterocycles. The third kappa shape index (κ3) is 2.92. The van der Waals surface area contributed by atoms with Crippen molar-refractivity contribution in [1.29, 1.82) is 0 Å². The van der Waals surface area contributed by atoms with Gasteiger partial charge in [0, 0.05) is 6.08 Å². The van der Waals surface area contributed by atoms with Crippen molar-refractivity contribution in [1.82, 2.24) is 0 Å². The van der Waals surface area contributed by atoms with Gasteiger partial charge in [0.1, 0.15) is 0 Å². The van der Waals surface area contributed by atoms with Gasteiger partial charge in [-0.1, -0.05) is 0 Å². The van der Waals surface area contributed by atoms with Crippen LogP contribution in [0, 0.1) is 6.92 Å². The monoisotopic (exact) mass is 226 g/mol. The molecule has 15 heavy (non-hydrogen) atoms. The summed E-state index contributed by atoms with van der Waals surface area (Å²) in [5, 5.41) is 10.9. The Morgan fingerprint density at radius 3 is 2.67 bits per heavy atom. The fourth-order valence-corrected chi connectivity index (χ4v) is 1.73. The maximum atomic E-state index is 11.5. The molecule has 5 heteroatoms. The van der Waals surface area contributed by atoms with E-state index in [2.05, 4.69) is 4.74 Å². The largest absolute Gasteiger partial charge is 0.502 e. The Labute approximate surface area is 90.8 Å². The fraction of sp³-hybridized carbons (Fsp3) is 0.200. The van der Waals surface area contributed by atoms with Crippen LogP contribution in [0.15, 0.2) is 23.3 Å². The minimum Gasteiger partial charge on any atom is -0.502 e. The Kier molecular flexibility index (Phi) is 3.62. The van der Waals surface area contributed by atoms with E-state index in [1.165, 1.54) is 11.3 Å². The number of allylic oxidation sites excluding steroid dienone is 1. The summed E-state index contributed by atoms with van der Waals surface area (Å²) in [7, 11) is 1.13. The van der Waals surface area contributed by atoms with Crippen LogP contribution in [-0.2, 0) is 9.53 Å². The van der Waals surface area contributed by atoms with Crippen molar-refractivity contribution in [2.24, 2.45) is 0 Å². The van der Waals surface area contributed by atoms with Crippen molar-refractivity contribution in [3.05, 3.63) is 33.7 Å². The van der Waals surface area contributed by atoms with E-state index in [1.807, 2.05) is 12.3 Å². The highest BCUT2D eigenvalue weighted by Crippen LogP contribution is 2.15. The van der Waals surface area contributed by atoms with Crippen molar-refractivity contribution >= 4 is 23.1 Å². The van der Waals surface area contributed by atoms with Gasteiger partial charge < -0.3 is 9.84 Å². The van der Waals surface area contributed by atoms with E-state index in [1.54, 1.807) is 6.07 Å². The Hall–Kier alpha value is -1.62. The maximum absolute atomic E-state index is 11.5. The molecule has 0 fully saturated rings. The number of ether oxygens (including phenoxy) is 1. The number of carbonyl (C=O) groups is 2. The van der Waals surface area contributed by atoms with Gasteiger partial charge in [0.05, 0.1) is 12.0 Å². The smallest absolute Gasteiger partial charge is 0.373 e. The van der Waals surface area contributed by atoms with Gasteiger partial charge in [-0.3, -0.25) is 4.79 Å². The summed E-state index contributed by atoms with van der Waals surface area (Å²) >= 11 is 1.26. The molecule has 0 atom stereocenters. The van der Waals surface area contributed by atoms with Crippen LogP contribution in [0.3, 0.4) is 0 Å². The van der Waals surface area contributed by atoms with Crippen molar-refractivity contribution < 1.29 is 19.4 Å². The normalized spacial score (nSPS) is 11.2. The predicted molar refractivity (Wildman–Crippen MR) is 56.1 cm³/mol. The molecule has 0 aromatic carbocycles. The number of rotatable bonds is 3. The third-order valence-electron chi connectivity index (χ3n) is 1.64. The number of hydrogen-bond donors (Lipinski definition) is 1. The molecule has 0 saturated heterocycles. The van der Waals surface area contributed by atoms with Gasteiger partial charge in [-0.15, -0.1) is 11.3 Å². The number of carbonyl (C=O) groups excluding carboxylic acids is 2. The molecule has 0 spiro atoms. The summed E-state index contributed by atoms with van der Waals surface area (Å²) in [4.78, 5) is 22.7. The molecule has 0 aliphatic rings. The number of methoxy groups -OCH3 is 1. The number of ketones is 1. The van der Waals surface area contributed by atoms with Gasteiger partial charge in [-0.2, -0.15) is 0 Å². The minimum absolute atomic E-state index is 0.406. The molecule has 0 saturated carbocycles. The first-order valence-electron chi connectivity index (χ1n) is 4.13. The Morgan fingerprint density at radius 1 is 1.53 bits per heavy atom. The molecular formula is C10H10O4S. The summed E-state index contributed by atoms with van der Waals surface area (Å²) in [6.07, 6.45) is 0.858. The van der Waals surface area contributed by atoms with E-state index in [-0.39, 0.29) is 0 Å².